The molecule has 6 heteroatoms. The fourth-order valence-corrected chi connectivity index (χ4v) is 7.16. The van der Waals surface area contributed by atoms with Crippen molar-refractivity contribution in [3.8, 4) is 50.6 Å². The van der Waals surface area contributed by atoms with Gasteiger partial charge in [0.05, 0.1) is 22.5 Å². The summed E-state index contributed by atoms with van der Waals surface area (Å²) in [6.45, 7) is 0.0461. The Hall–Kier alpha value is -5.52. The molecule has 255 valence electrons. The van der Waals surface area contributed by atoms with E-state index in [0.717, 1.165) is 71.7 Å². The van der Waals surface area contributed by atoms with Crippen molar-refractivity contribution in [2.45, 2.75) is 13.8 Å². The quantitative estimate of drug-likeness (QED) is 0.161. The molecule has 0 amide bonds. The normalized spacial score (nSPS) is 11.9. The fraction of sp³-hybridized carbons (Fsp3) is 0.0435. The first-order chi connectivity index (χ1) is 26.2. The van der Waals surface area contributed by atoms with Gasteiger partial charge in [0.1, 0.15) is 5.82 Å². The first-order valence-corrected chi connectivity index (χ1v) is 17.3. The standard InChI is InChI=1S/C34H22FN2S.C12H10N.Ir/c1-22-18-26(23-10-4-2-5-11-23)33(27(19-22)24-12-6-3-7-13-24)37-31-15-9-8-14-30(31)36-34(37)29-21-38-32-17-16-25(35)20-28(29)32;1-10-7-8-12(13-9-10)11-5-3-2-4-6-11;/h2-20H,1H3;2-5,7-9H,1H3;/q2*-1;/i;1D3;. The molecule has 0 fully saturated rings. The third kappa shape index (κ3) is 7.02. The summed E-state index contributed by atoms with van der Waals surface area (Å²) in [6.07, 6.45) is 1.39. The van der Waals surface area contributed by atoms with Crippen molar-refractivity contribution in [2.75, 3.05) is 0 Å². The molecule has 3 heterocycles. The number of pyridine rings is 1. The summed E-state index contributed by atoms with van der Waals surface area (Å²) in [7, 11) is 0. The number of halogens is 1. The van der Waals surface area contributed by atoms with Gasteiger partial charge in [-0.05, 0) is 72.1 Å². The van der Waals surface area contributed by atoms with Gasteiger partial charge in [-0.2, -0.15) is 0 Å². The fourth-order valence-electron chi connectivity index (χ4n) is 6.33. The van der Waals surface area contributed by atoms with Crippen molar-refractivity contribution < 1.29 is 28.6 Å². The summed E-state index contributed by atoms with van der Waals surface area (Å²) in [5.74, 6) is 0.486. The van der Waals surface area contributed by atoms with Gasteiger partial charge in [-0.15, -0.1) is 41.3 Å². The number of fused-ring (bicyclic) bond motifs is 2. The van der Waals surface area contributed by atoms with E-state index in [1.54, 1.807) is 24.3 Å². The zero-order valence-corrected chi connectivity index (χ0v) is 31.2. The van der Waals surface area contributed by atoms with Crippen molar-refractivity contribution in [2.24, 2.45) is 0 Å². The molecule has 0 atom stereocenters. The van der Waals surface area contributed by atoms with Crippen LogP contribution in [0.3, 0.4) is 0 Å². The average Bonchev–Trinajstić information content (AvgIpc) is 3.79. The van der Waals surface area contributed by atoms with Crippen molar-refractivity contribution in [1.82, 2.24) is 14.5 Å². The number of imidazole rings is 1. The molecular weight excluding hydrogens is 838 g/mol. The minimum atomic E-state index is -2.09. The number of hydrogen-bond donors (Lipinski definition) is 0. The number of aryl methyl sites for hydroxylation is 2. The molecule has 1 radical (unpaired) electrons. The van der Waals surface area contributed by atoms with Crippen LogP contribution in [0.5, 0.6) is 0 Å². The van der Waals surface area contributed by atoms with E-state index in [2.05, 4.69) is 94.7 Å². The van der Waals surface area contributed by atoms with E-state index in [4.69, 9.17) is 9.10 Å². The summed E-state index contributed by atoms with van der Waals surface area (Å²) in [5.41, 5.74) is 11.2. The summed E-state index contributed by atoms with van der Waals surface area (Å²) in [4.78, 5) is 9.24. The minimum absolute atomic E-state index is 0. The van der Waals surface area contributed by atoms with E-state index in [9.17, 15) is 4.39 Å². The molecule has 0 bridgehead atoms. The number of benzene rings is 6. The zero-order chi connectivity index (χ0) is 37.2. The molecule has 0 spiro atoms. The topological polar surface area (TPSA) is 30.7 Å². The molecule has 0 unspecified atom stereocenters. The number of hydrogen-bond acceptors (Lipinski definition) is 3. The number of rotatable bonds is 5. The van der Waals surface area contributed by atoms with Crippen LogP contribution in [0.25, 0.3) is 71.7 Å². The van der Waals surface area contributed by atoms with Gasteiger partial charge in [0.2, 0.25) is 0 Å². The van der Waals surface area contributed by atoms with Crippen molar-refractivity contribution in [3.05, 3.63) is 186 Å². The number of thiophene rings is 1. The Labute approximate surface area is 324 Å². The summed E-state index contributed by atoms with van der Waals surface area (Å²) >= 11 is 1.49. The third-order valence-electron chi connectivity index (χ3n) is 8.65. The van der Waals surface area contributed by atoms with Crippen LogP contribution in [-0.2, 0) is 20.1 Å². The molecule has 0 aliphatic heterocycles. The smallest absolute Gasteiger partial charge is 0.113 e. The predicted molar refractivity (Wildman–Crippen MR) is 210 cm³/mol. The van der Waals surface area contributed by atoms with Crippen molar-refractivity contribution in [1.29, 1.82) is 0 Å². The van der Waals surface area contributed by atoms with E-state index < -0.39 is 6.85 Å². The summed E-state index contributed by atoms with van der Waals surface area (Å²) in [5, 5.41) is 4.27. The Kier molecular flexibility index (Phi) is 9.24. The van der Waals surface area contributed by atoms with Gasteiger partial charge in [-0.1, -0.05) is 113 Å². The van der Waals surface area contributed by atoms with E-state index >= 15 is 0 Å². The Morgan fingerprint density at radius 2 is 1.42 bits per heavy atom. The van der Waals surface area contributed by atoms with E-state index in [1.807, 2.05) is 54.6 Å². The molecule has 52 heavy (non-hydrogen) atoms. The van der Waals surface area contributed by atoms with E-state index in [1.165, 1.54) is 29.2 Å². The second kappa shape index (κ2) is 15.4. The van der Waals surface area contributed by atoms with Crippen LogP contribution in [0.15, 0.2) is 158 Å². The zero-order valence-electron chi connectivity index (χ0n) is 31.0. The third-order valence-corrected chi connectivity index (χ3v) is 9.54. The number of para-hydroxylation sites is 2. The average molecular weight is 873 g/mol. The van der Waals surface area contributed by atoms with Crippen LogP contribution < -0.4 is 0 Å². The van der Waals surface area contributed by atoms with Crippen LogP contribution in [0, 0.1) is 31.0 Å². The minimum Gasteiger partial charge on any atom is -0.332 e. The Bertz CT molecular complexity index is 2650. The molecule has 3 aromatic heterocycles. The van der Waals surface area contributed by atoms with Gasteiger partial charge in [0.15, 0.2) is 0 Å². The first kappa shape index (κ1) is 31.2. The number of aromatic nitrogens is 3. The van der Waals surface area contributed by atoms with Crippen LogP contribution >= 0.6 is 11.3 Å². The monoisotopic (exact) mass is 873 g/mol. The maximum Gasteiger partial charge on any atom is 0.113 e. The molecule has 0 saturated heterocycles. The molecule has 9 aromatic rings. The van der Waals surface area contributed by atoms with E-state index in [-0.39, 0.29) is 31.5 Å². The number of nitrogens with zero attached hydrogens (tertiary/aromatic N) is 3. The summed E-state index contributed by atoms with van der Waals surface area (Å²) in [6, 6.07) is 52.3. The molecule has 6 aromatic carbocycles. The molecule has 0 aliphatic rings. The van der Waals surface area contributed by atoms with Gasteiger partial charge in [-0.3, -0.25) is 16.3 Å². The summed E-state index contributed by atoms with van der Waals surface area (Å²) < 4.78 is 39.3. The molecule has 0 saturated carbocycles. The Balaban J connectivity index is 0.000000231. The SMILES string of the molecule is Cc1cc(-c2ccccc2)c(-n2c(-c3[c-]sc4ccc(F)cc34)nc3ccccc32)c(-c2ccccc2)c1.[2H]C([2H])([2H])c1ccc(-c2[c-]cccc2)nc1.[Ir]. The Morgan fingerprint density at radius 3 is 2.08 bits per heavy atom. The van der Waals surface area contributed by atoms with Crippen LogP contribution in [-0.4, -0.2) is 14.5 Å². The molecule has 0 N–H and O–H groups in total. The first-order valence-electron chi connectivity index (χ1n) is 18.0. The van der Waals surface area contributed by atoms with Gasteiger partial charge < -0.3 is 9.55 Å². The maximum atomic E-state index is 14.4. The van der Waals surface area contributed by atoms with Crippen molar-refractivity contribution in [3.63, 3.8) is 0 Å². The molecular formula is C46H32FIrN3S-2. The molecule has 9 rings (SSSR count). The second-order valence-electron chi connectivity index (χ2n) is 12.1. The molecule has 0 aliphatic carbocycles. The van der Waals surface area contributed by atoms with Gasteiger partial charge in [0.25, 0.3) is 0 Å². The molecule has 3 nitrogen and oxygen atoms in total. The largest absolute Gasteiger partial charge is 0.332 e. The maximum absolute atomic E-state index is 14.4. The van der Waals surface area contributed by atoms with Gasteiger partial charge >= 0.3 is 0 Å². The predicted octanol–water partition coefficient (Wildman–Crippen LogP) is 12.3. The van der Waals surface area contributed by atoms with Crippen LogP contribution in [0.2, 0.25) is 0 Å². The van der Waals surface area contributed by atoms with Gasteiger partial charge in [0, 0.05) is 41.5 Å². The van der Waals surface area contributed by atoms with Crippen molar-refractivity contribution >= 4 is 32.5 Å². The van der Waals surface area contributed by atoms with Crippen LogP contribution in [0.1, 0.15) is 15.2 Å². The van der Waals surface area contributed by atoms with Gasteiger partial charge in [-0.25, -0.2) is 4.39 Å². The van der Waals surface area contributed by atoms with E-state index in [0.29, 0.717) is 0 Å². The Morgan fingerprint density at radius 1 is 0.731 bits per heavy atom. The van der Waals surface area contributed by atoms with Crippen LogP contribution in [0.4, 0.5) is 4.39 Å². The second-order valence-corrected chi connectivity index (χ2v) is 13.0.